The summed E-state index contributed by atoms with van der Waals surface area (Å²) in [6.07, 6.45) is 0. The van der Waals surface area contributed by atoms with Gasteiger partial charge in [0.15, 0.2) is 0 Å². The summed E-state index contributed by atoms with van der Waals surface area (Å²) < 4.78 is 1.05. The molecule has 0 bridgehead atoms. The summed E-state index contributed by atoms with van der Waals surface area (Å²) >= 11 is 3.44. The molecule has 78 valence electrons. The molecule has 0 atom stereocenters. The normalized spacial score (nSPS) is 10.6. The Morgan fingerprint density at radius 3 is 2.73 bits per heavy atom. The number of aryl methyl sites for hydroxylation is 1. The van der Waals surface area contributed by atoms with Crippen LogP contribution in [0.25, 0.3) is 11.3 Å². The lowest BCUT2D eigenvalue weighted by molar-refractivity contribution is 0.281. The van der Waals surface area contributed by atoms with E-state index < -0.39 is 0 Å². The van der Waals surface area contributed by atoms with E-state index in [0.717, 1.165) is 27.0 Å². The molecule has 0 fully saturated rings. The summed E-state index contributed by atoms with van der Waals surface area (Å²) in [7, 11) is 0. The Hall–Kier alpha value is -1.06. The topological polar surface area (TPSA) is 36.0 Å². The number of benzene rings is 1. The SMILES string of the molecule is Cc1[nH]c(-c2cccc(Br)c2)cc1CO. The van der Waals surface area contributed by atoms with Crippen LogP contribution >= 0.6 is 15.9 Å². The van der Waals surface area contributed by atoms with Crippen molar-refractivity contribution in [1.29, 1.82) is 0 Å². The van der Waals surface area contributed by atoms with Crippen molar-refractivity contribution >= 4 is 15.9 Å². The van der Waals surface area contributed by atoms with Crippen molar-refractivity contribution in [2.24, 2.45) is 0 Å². The van der Waals surface area contributed by atoms with E-state index in [1.807, 2.05) is 37.3 Å². The predicted molar refractivity (Wildman–Crippen MR) is 64.6 cm³/mol. The molecule has 0 aliphatic carbocycles. The number of aliphatic hydroxyl groups is 1. The second-order valence-electron chi connectivity index (χ2n) is 3.50. The van der Waals surface area contributed by atoms with Gasteiger partial charge >= 0.3 is 0 Å². The molecule has 0 unspecified atom stereocenters. The zero-order valence-electron chi connectivity index (χ0n) is 8.42. The number of hydrogen-bond donors (Lipinski definition) is 2. The van der Waals surface area contributed by atoms with Gasteiger partial charge in [-0.25, -0.2) is 0 Å². The molecule has 1 heterocycles. The molecule has 0 radical (unpaired) electrons. The molecule has 2 rings (SSSR count). The van der Waals surface area contributed by atoms with Crippen molar-refractivity contribution in [3.63, 3.8) is 0 Å². The maximum atomic E-state index is 9.10. The van der Waals surface area contributed by atoms with Crippen LogP contribution in [0.1, 0.15) is 11.3 Å². The van der Waals surface area contributed by atoms with E-state index in [9.17, 15) is 0 Å². The molecule has 0 aliphatic rings. The molecule has 3 heteroatoms. The maximum absolute atomic E-state index is 9.10. The van der Waals surface area contributed by atoms with Gasteiger partial charge in [0.2, 0.25) is 0 Å². The Bertz CT molecular complexity index is 476. The maximum Gasteiger partial charge on any atom is 0.0699 e. The molecular formula is C12H12BrNO. The molecular weight excluding hydrogens is 254 g/mol. The summed E-state index contributed by atoms with van der Waals surface area (Å²) in [4.78, 5) is 3.26. The summed E-state index contributed by atoms with van der Waals surface area (Å²) in [6, 6.07) is 10.1. The van der Waals surface area contributed by atoms with Gasteiger partial charge in [-0.05, 0) is 36.2 Å². The lowest BCUT2D eigenvalue weighted by Crippen LogP contribution is -1.81. The molecule has 0 saturated carbocycles. The second-order valence-corrected chi connectivity index (χ2v) is 4.42. The van der Waals surface area contributed by atoms with Gasteiger partial charge in [0.05, 0.1) is 6.61 Å². The summed E-state index contributed by atoms with van der Waals surface area (Å²) in [5, 5.41) is 9.10. The van der Waals surface area contributed by atoms with E-state index in [4.69, 9.17) is 5.11 Å². The largest absolute Gasteiger partial charge is 0.392 e. The molecule has 2 nitrogen and oxygen atoms in total. The van der Waals surface area contributed by atoms with E-state index in [1.165, 1.54) is 0 Å². The fourth-order valence-electron chi connectivity index (χ4n) is 1.58. The molecule has 0 spiro atoms. The average Bonchev–Trinajstić information content (AvgIpc) is 2.60. The Balaban J connectivity index is 2.45. The van der Waals surface area contributed by atoms with Crippen molar-refractivity contribution in [2.45, 2.75) is 13.5 Å². The fraction of sp³-hybridized carbons (Fsp3) is 0.167. The summed E-state index contributed by atoms with van der Waals surface area (Å²) in [5.41, 5.74) is 4.13. The Labute approximate surface area is 97.1 Å². The minimum Gasteiger partial charge on any atom is -0.392 e. The molecule has 2 aromatic rings. The molecule has 2 N–H and O–H groups in total. The van der Waals surface area contributed by atoms with Crippen molar-refractivity contribution in [2.75, 3.05) is 0 Å². The van der Waals surface area contributed by atoms with E-state index in [2.05, 4.69) is 20.9 Å². The van der Waals surface area contributed by atoms with Crippen LogP contribution < -0.4 is 0 Å². The van der Waals surface area contributed by atoms with Crippen molar-refractivity contribution < 1.29 is 5.11 Å². The number of aromatic amines is 1. The van der Waals surface area contributed by atoms with Gasteiger partial charge in [-0.15, -0.1) is 0 Å². The van der Waals surface area contributed by atoms with Crippen LogP contribution in [0.5, 0.6) is 0 Å². The zero-order valence-corrected chi connectivity index (χ0v) is 10.0. The Morgan fingerprint density at radius 1 is 1.33 bits per heavy atom. The summed E-state index contributed by atoms with van der Waals surface area (Å²) in [5.74, 6) is 0. The van der Waals surface area contributed by atoms with E-state index in [1.54, 1.807) is 0 Å². The fourth-order valence-corrected chi connectivity index (χ4v) is 1.98. The van der Waals surface area contributed by atoms with Crippen LogP contribution in [-0.2, 0) is 6.61 Å². The second kappa shape index (κ2) is 4.21. The van der Waals surface area contributed by atoms with E-state index in [0.29, 0.717) is 0 Å². The van der Waals surface area contributed by atoms with Gasteiger partial charge in [0.1, 0.15) is 0 Å². The zero-order chi connectivity index (χ0) is 10.8. The van der Waals surface area contributed by atoms with Crippen LogP contribution in [0.4, 0.5) is 0 Å². The lowest BCUT2D eigenvalue weighted by Gasteiger charge is -1.98. The molecule has 15 heavy (non-hydrogen) atoms. The minimum absolute atomic E-state index is 0.0797. The number of H-pyrrole nitrogens is 1. The quantitative estimate of drug-likeness (QED) is 0.860. The Morgan fingerprint density at radius 2 is 2.13 bits per heavy atom. The molecule has 0 amide bonds. The number of aromatic nitrogens is 1. The number of hydrogen-bond acceptors (Lipinski definition) is 1. The van der Waals surface area contributed by atoms with Gasteiger partial charge in [-0.3, -0.25) is 0 Å². The first-order valence-corrected chi connectivity index (χ1v) is 5.55. The van der Waals surface area contributed by atoms with Crippen LogP contribution in [0.15, 0.2) is 34.8 Å². The first-order chi connectivity index (χ1) is 7.20. The monoisotopic (exact) mass is 265 g/mol. The standard InChI is InChI=1S/C12H12BrNO/c1-8-10(7-15)6-12(14-8)9-3-2-4-11(13)5-9/h2-6,14-15H,7H2,1H3. The predicted octanol–water partition coefficient (Wildman–Crippen LogP) is 3.24. The van der Waals surface area contributed by atoms with E-state index >= 15 is 0 Å². The first kappa shape index (κ1) is 10.5. The molecule has 1 aromatic heterocycles. The highest BCUT2D eigenvalue weighted by atomic mass is 79.9. The smallest absolute Gasteiger partial charge is 0.0699 e. The van der Waals surface area contributed by atoms with Gasteiger partial charge in [-0.2, -0.15) is 0 Å². The number of halogens is 1. The van der Waals surface area contributed by atoms with Crippen molar-refractivity contribution in [3.05, 3.63) is 46.1 Å². The van der Waals surface area contributed by atoms with E-state index in [-0.39, 0.29) is 6.61 Å². The first-order valence-electron chi connectivity index (χ1n) is 4.76. The third-order valence-corrected chi connectivity index (χ3v) is 2.92. The van der Waals surface area contributed by atoms with Crippen molar-refractivity contribution in [3.8, 4) is 11.3 Å². The highest BCUT2D eigenvalue weighted by Gasteiger charge is 2.05. The molecule has 0 saturated heterocycles. The molecule has 1 aromatic carbocycles. The van der Waals surface area contributed by atoms with Crippen molar-refractivity contribution in [1.82, 2.24) is 4.98 Å². The number of rotatable bonds is 2. The molecule has 0 aliphatic heterocycles. The Kier molecular flexibility index (Phi) is 2.93. The highest BCUT2D eigenvalue weighted by molar-refractivity contribution is 9.10. The van der Waals surface area contributed by atoms with Gasteiger partial charge in [-0.1, -0.05) is 28.1 Å². The van der Waals surface area contributed by atoms with Gasteiger partial charge < -0.3 is 10.1 Å². The van der Waals surface area contributed by atoms with Crippen LogP contribution in [0, 0.1) is 6.92 Å². The third kappa shape index (κ3) is 2.13. The van der Waals surface area contributed by atoms with Gasteiger partial charge in [0, 0.05) is 15.9 Å². The van der Waals surface area contributed by atoms with Crippen LogP contribution in [0.2, 0.25) is 0 Å². The number of nitrogens with one attached hydrogen (secondary N) is 1. The lowest BCUT2D eigenvalue weighted by atomic mass is 10.1. The minimum atomic E-state index is 0.0797. The highest BCUT2D eigenvalue weighted by Crippen LogP contribution is 2.24. The van der Waals surface area contributed by atoms with Crippen LogP contribution in [0.3, 0.4) is 0 Å². The van der Waals surface area contributed by atoms with Crippen LogP contribution in [-0.4, -0.2) is 10.1 Å². The number of aliphatic hydroxyl groups excluding tert-OH is 1. The third-order valence-electron chi connectivity index (χ3n) is 2.43. The van der Waals surface area contributed by atoms with Gasteiger partial charge in [0.25, 0.3) is 0 Å². The average molecular weight is 266 g/mol. The summed E-state index contributed by atoms with van der Waals surface area (Å²) in [6.45, 7) is 2.05.